The third-order valence-electron chi connectivity index (χ3n) is 4.01. The number of piperidine rings is 1. The molecule has 0 atom stereocenters. The lowest BCUT2D eigenvalue weighted by Crippen LogP contribution is -2.40. The number of aliphatic carboxylic acids is 1. The van der Waals surface area contributed by atoms with Crippen LogP contribution in [0.3, 0.4) is 0 Å². The van der Waals surface area contributed by atoms with Gasteiger partial charge in [-0.25, -0.2) is 4.98 Å². The Hall–Kier alpha value is -1.14. The Balaban J connectivity index is 1.80. The third kappa shape index (κ3) is 4.45. The molecule has 1 aliphatic heterocycles. The summed E-state index contributed by atoms with van der Waals surface area (Å²) in [5.74, 6) is -0.772. The largest absolute Gasteiger partial charge is 0.481 e. The number of rotatable bonds is 6. The average Bonchev–Trinajstić information content (AvgIpc) is 2.86. The molecule has 1 saturated heterocycles. The SMILES string of the molecule is CN1CCC(C)(CNc2nc(CCC(=O)O)cs2)CC1. The minimum absolute atomic E-state index is 0.146. The molecule has 0 radical (unpaired) electrons. The van der Waals surface area contributed by atoms with E-state index in [1.807, 2.05) is 5.38 Å². The van der Waals surface area contributed by atoms with Crippen LogP contribution in [0.15, 0.2) is 5.38 Å². The molecule has 0 aliphatic carbocycles. The van der Waals surface area contributed by atoms with Gasteiger partial charge >= 0.3 is 5.97 Å². The molecule has 0 unspecified atom stereocenters. The number of carboxylic acids is 1. The van der Waals surface area contributed by atoms with E-state index in [9.17, 15) is 4.79 Å². The fourth-order valence-corrected chi connectivity index (χ4v) is 3.11. The summed E-state index contributed by atoms with van der Waals surface area (Å²) in [6.45, 7) is 5.57. The van der Waals surface area contributed by atoms with E-state index in [0.29, 0.717) is 11.8 Å². The van der Waals surface area contributed by atoms with Crippen molar-refractivity contribution in [1.82, 2.24) is 9.88 Å². The van der Waals surface area contributed by atoms with Crippen molar-refractivity contribution in [2.75, 3.05) is 32.0 Å². The quantitative estimate of drug-likeness (QED) is 0.843. The van der Waals surface area contributed by atoms with Gasteiger partial charge in [-0.3, -0.25) is 4.79 Å². The maximum absolute atomic E-state index is 10.5. The molecule has 20 heavy (non-hydrogen) atoms. The monoisotopic (exact) mass is 297 g/mol. The van der Waals surface area contributed by atoms with Crippen molar-refractivity contribution in [2.45, 2.75) is 32.6 Å². The van der Waals surface area contributed by atoms with E-state index in [2.05, 4.69) is 29.2 Å². The molecule has 2 N–H and O–H groups in total. The summed E-state index contributed by atoms with van der Waals surface area (Å²) in [5.41, 5.74) is 1.20. The summed E-state index contributed by atoms with van der Waals surface area (Å²) in [6, 6.07) is 0. The van der Waals surface area contributed by atoms with Gasteiger partial charge in [0.25, 0.3) is 0 Å². The highest BCUT2D eigenvalue weighted by Gasteiger charge is 2.28. The second kappa shape index (κ2) is 6.54. The first-order valence-electron chi connectivity index (χ1n) is 7.05. The van der Waals surface area contributed by atoms with E-state index in [-0.39, 0.29) is 6.42 Å². The summed E-state index contributed by atoms with van der Waals surface area (Å²) < 4.78 is 0. The van der Waals surface area contributed by atoms with Gasteiger partial charge in [0.15, 0.2) is 5.13 Å². The Morgan fingerprint density at radius 2 is 2.25 bits per heavy atom. The van der Waals surface area contributed by atoms with Gasteiger partial charge in [-0.15, -0.1) is 11.3 Å². The molecular formula is C14H23N3O2S. The van der Waals surface area contributed by atoms with Gasteiger partial charge in [-0.05, 0) is 38.4 Å². The number of nitrogens with zero attached hydrogens (tertiary/aromatic N) is 2. The Bertz CT molecular complexity index is 453. The molecule has 0 bridgehead atoms. The molecule has 1 aliphatic rings. The Kier molecular flexibility index (Phi) is 4.99. The summed E-state index contributed by atoms with van der Waals surface area (Å²) in [4.78, 5) is 17.4. The van der Waals surface area contributed by atoms with E-state index < -0.39 is 5.97 Å². The second-order valence-corrected chi connectivity index (χ2v) is 6.86. The van der Waals surface area contributed by atoms with E-state index in [4.69, 9.17) is 5.11 Å². The maximum Gasteiger partial charge on any atom is 0.303 e. The van der Waals surface area contributed by atoms with Gasteiger partial charge < -0.3 is 15.3 Å². The molecule has 2 heterocycles. The van der Waals surface area contributed by atoms with Gasteiger partial charge in [-0.1, -0.05) is 6.92 Å². The van der Waals surface area contributed by atoms with Crippen molar-refractivity contribution in [3.05, 3.63) is 11.1 Å². The van der Waals surface area contributed by atoms with Crippen molar-refractivity contribution in [3.8, 4) is 0 Å². The van der Waals surface area contributed by atoms with Crippen LogP contribution in [-0.2, 0) is 11.2 Å². The highest BCUT2D eigenvalue weighted by Crippen LogP contribution is 2.31. The predicted octanol–water partition coefficient (Wildman–Crippen LogP) is 2.30. The standard InChI is InChI=1S/C14H23N3O2S/c1-14(5-7-17(2)8-6-14)10-15-13-16-11(9-20-13)3-4-12(18)19/h9H,3-8,10H2,1-2H3,(H,15,16)(H,18,19). The van der Waals surface area contributed by atoms with Gasteiger partial charge in [0.2, 0.25) is 0 Å². The summed E-state index contributed by atoms with van der Waals surface area (Å²) >= 11 is 1.56. The Morgan fingerprint density at radius 3 is 2.90 bits per heavy atom. The minimum Gasteiger partial charge on any atom is -0.481 e. The molecule has 0 saturated carbocycles. The Morgan fingerprint density at radius 1 is 1.55 bits per heavy atom. The number of hydrogen-bond acceptors (Lipinski definition) is 5. The number of carbonyl (C=O) groups is 1. The van der Waals surface area contributed by atoms with Gasteiger partial charge in [0, 0.05) is 18.3 Å². The second-order valence-electron chi connectivity index (χ2n) is 6.01. The molecule has 1 aromatic rings. The lowest BCUT2D eigenvalue weighted by Gasteiger charge is -2.37. The topological polar surface area (TPSA) is 65.5 Å². The van der Waals surface area contributed by atoms with Crippen LogP contribution >= 0.6 is 11.3 Å². The highest BCUT2D eigenvalue weighted by atomic mass is 32.1. The molecular weight excluding hydrogens is 274 g/mol. The van der Waals surface area contributed by atoms with Crippen molar-refractivity contribution in [1.29, 1.82) is 0 Å². The van der Waals surface area contributed by atoms with Crippen LogP contribution in [0.1, 0.15) is 31.9 Å². The summed E-state index contributed by atoms with van der Waals surface area (Å²) in [6.07, 6.45) is 3.06. The minimum atomic E-state index is -0.772. The number of aromatic nitrogens is 1. The van der Waals surface area contributed by atoms with Crippen LogP contribution in [0.4, 0.5) is 5.13 Å². The molecule has 0 spiro atoms. The molecule has 1 fully saturated rings. The maximum atomic E-state index is 10.5. The smallest absolute Gasteiger partial charge is 0.303 e. The predicted molar refractivity (Wildman–Crippen MR) is 81.4 cm³/mol. The number of nitrogens with one attached hydrogen (secondary N) is 1. The van der Waals surface area contributed by atoms with E-state index in [0.717, 1.165) is 30.5 Å². The van der Waals surface area contributed by atoms with Crippen LogP contribution < -0.4 is 5.32 Å². The molecule has 6 heteroatoms. The lowest BCUT2D eigenvalue weighted by atomic mass is 9.80. The first-order chi connectivity index (χ1) is 9.47. The Labute approximate surface area is 124 Å². The summed E-state index contributed by atoms with van der Waals surface area (Å²) in [5, 5.41) is 14.9. The first kappa shape index (κ1) is 15.3. The third-order valence-corrected chi connectivity index (χ3v) is 4.86. The molecule has 0 amide bonds. The summed E-state index contributed by atoms with van der Waals surface area (Å²) in [7, 11) is 2.17. The van der Waals surface area contributed by atoms with Crippen LogP contribution in [0.2, 0.25) is 0 Å². The number of carboxylic acid groups (broad SMARTS) is 1. The number of anilines is 1. The van der Waals surface area contributed by atoms with Crippen LogP contribution in [0.5, 0.6) is 0 Å². The number of likely N-dealkylation sites (tertiary alicyclic amines) is 1. The van der Waals surface area contributed by atoms with Crippen LogP contribution in [0, 0.1) is 5.41 Å². The van der Waals surface area contributed by atoms with Crippen molar-refractivity contribution >= 4 is 22.4 Å². The molecule has 1 aromatic heterocycles. The normalized spacial score (nSPS) is 18.9. The van der Waals surface area contributed by atoms with E-state index in [1.165, 1.54) is 12.8 Å². The zero-order valence-corrected chi connectivity index (χ0v) is 13.0. The number of aryl methyl sites for hydroxylation is 1. The zero-order valence-electron chi connectivity index (χ0n) is 12.2. The van der Waals surface area contributed by atoms with Crippen LogP contribution in [-0.4, -0.2) is 47.6 Å². The molecule has 5 nitrogen and oxygen atoms in total. The first-order valence-corrected chi connectivity index (χ1v) is 7.93. The molecule has 0 aromatic carbocycles. The zero-order chi connectivity index (χ0) is 14.6. The van der Waals surface area contributed by atoms with Gasteiger partial charge in [-0.2, -0.15) is 0 Å². The van der Waals surface area contributed by atoms with Gasteiger partial charge in [0.1, 0.15) is 0 Å². The average molecular weight is 297 g/mol. The van der Waals surface area contributed by atoms with Gasteiger partial charge in [0.05, 0.1) is 12.1 Å². The number of hydrogen-bond donors (Lipinski definition) is 2. The van der Waals surface area contributed by atoms with Crippen molar-refractivity contribution in [3.63, 3.8) is 0 Å². The lowest BCUT2D eigenvalue weighted by molar-refractivity contribution is -0.136. The van der Waals surface area contributed by atoms with Crippen molar-refractivity contribution in [2.24, 2.45) is 5.41 Å². The fraction of sp³-hybridized carbons (Fsp3) is 0.714. The molecule has 112 valence electrons. The number of thiazole rings is 1. The molecule has 2 rings (SSSR count). The van der Waals surface area contributed by atoms with Crippen LogP contribution in [0.25, 0.3) is 0 Å². The van der Waals surface area contributed by atoms with Crippen molar-refractivity contribution < 1.29 is 9.90 Å². The van der Waals surface area contributed by atoms with E-state index in [1.54, 1.807) is 11.3 Å². The fourth-order valence-electron chi connectivity index (χ4n) is 2.36. The van der Waals surface area contributed by atoms with E-state index >= 15 is 0 Å². The highest BCUT2D eigenvalue weighted by molar-refractivity contribution is 7.13.